The summed E-state index contributed by atoms with van der Waals surface area (Å²) in [7, 11) is 0. The van der Waals surface area contributed by atoms with E-state index in [-0.39, 0.29) is 0 Å². The minimum absolute atomic E-state index is 0.313. The molecular formula is C17H27NO. The molecule has 0 bridgehead atoms. The first kappa shape index (κ1) is 14.5. The molecule has 2 rings (SSSR count). The summed E-state index contributed by atoms with van der Waals surface area (Å²) < 4.78 is 5.86. The lowest BCUT2D eigenvalue weighted by Crippen LogP contribution is -2.47. The molecule has 0 fully saturated rings. The Balaban J connectivity index is 2.17. The van der Waals surface area contributed by atoms with Crippen LogP contribution < -0.4 is 0 Å². The molecule has 0 aromatic heterocycles. The number of ether oxygens (including phenoxy) is 1. The van der Waals surface area contributed by atoms with Crippen molar-refractivity contribution in [2.45, 2.75) is 65.8 Å². The zero-order chi connectivity index (χ0) is 14.0. The van der Waals surface area contributed by atoms with Crippen molar-refractivity contribution < 1.29 is 4.74 Å². The number of hydrogen-bond acceptors (Lipinski definition) is 2. The molecule has 0 aliphatic carbocycles. The third-order valence-electron chi connectivity index (χ3n) is 3.92. The zero-order valence-electron chi connectivity index (χ0n) is 12.9. The smallest absolute Gasteiger partial charge is 0.0628 e. The van der Waals surface area contributed by atoms with E-state index in [2.05, 4.69) is 57.7 Å². The highest BCUT2D eigenvalue weighted by atomic mass is 16.5. The Morgan fingerprint density at radius 3 is 2.58 bits per heavy atom. The number of hydrogen-bond donors (Lipinski definition) is 0. The van der Waals surface area contributed by atoms with Crippen LogP contribution in [-0.2, 0) is 17.7 Å². The number of nitrogens with zero attached hydrogens (tertiary/aromatic N) is 1. The highest BCUT2D eigenvalue weighted by Crippen LogP contribution is 2.26. The molecule has 2 nitrogen and oxygen atoms in total. The van der Waals surface area contributed by atoms with Gasteiger partial charge >= 0.3 is 0 Å². The van der Waals surface area contributed by atoms with E-state index in [4.69, 9.17) is 4.74 Å². The van der Waals surface area contributed by atoms with Gasteiger partial charge in [-0.25, -0.2) is 0 Å². The molecule has 1 aliphatic heterocycles. The Labute approximate surface area is 117 Å². The van der Waals surface area contributed by atoms with Crippen molar-refractivity contribution in [2.75, 3.05) is 6.61 Å². The topological polar surface area (TPSA) is 12.5 Å². The Kier molecular flexibility index (Phi) is 4.64. The number of benzene rings is 1. The van der Waals surface area contributed by atoms with Gasteiger partial charge < -0.3 is 4.74 Å². The van der Waals surface area contributed by atoms with Crippen molar-refractivity contribution in [1.82, 2.24) is 4.90 Å². The summed E-state index contributed by atoms with van der Waals surface area (Å²) in [6.07, 6.45) is 1.42. The molecule has 1 unspecified atom stereocenters. The Hall–Kier alpha value is -0.860. The van der Waals surface area contributed by atoms with E-state index in [1.807, 2.05) is 0 Å². The van der Waals surface area contributed by atoms with Crippen LogP contribution in [0.3, 0.4) is 0 Å². The molecule has 1 atom stereocenters. The Bertz CT molecular complexity index is 425. The predicted octanol–water partition coefficient (Wildman–Crippen LogP) is 3.56. The van der Waals surface area contributed by atoms with E-state index in [0.717, 1.165) is 19.6 Å². The molecule has 1 aromatic carbocycles. The van der Waals surface area contributed by atoms with Gasteiger partial charge in [0.05, 0.1) is 12.7 Å². The monoisotopic (exact) mass is 261 g/mol. The Morgan fingerprint density at radius 1 is 1.21 bits per heavy atom. The molecule has 1 aromatic rings. The van der Waals surface area contributed by atoms with Crippen LogP contribution in [-0.4, -0.2) is 29.7 Å². The van der Waals surface area contributed by atoms with E-state index in [1.165, 1.54) is 16.7 Å². The highest BCUT2D eigenvalue weighted by molar-refractivity contribution is 5.34. The first-order valence-electron chi connectivity index (χ1n) is 7.43. The van der Waals surface area contributed by atoms with Crippen LogP contribution in [0.2, 0.25) is 0 Å². The van der Waals surface area contributed by atoms with Gasteiger partial charge in [-0.2, -0.15) is 0 Å². The molecule has 0 saturated heterocycles. The third kappa shape index (κ3) is 3.58. The van der Waals surface area contributed by atoms with Gasteiger partial charge in [-0.15, -0.1) is 0 Å². The average Bonchev–Trinajstić information content (AvgIpc) is 2.35. The maximum atomic E-state index is 5.86. The lowest BCUT2D eigenvalue weighted by molar-refractivity contribution is 0.00692. The molecule has 19 heavy (non-hydrogen) atoms. The van der Waals surface area contributed by atoms with Crippen molar-refractivity contribution in [3.8, 4) is 0 Å². The largest absolute Gasteiger partial charge is 0.377 e. The third-order valence-corrected chi connectivity index (χ3v) is 3.92. The van der Waals surface area contributed by atoms with Gasteiger partial charge in [0, 0.05) is 18.6 Å². The first-order valence-corrected chi connectivity index (χ1v) is 7.43. The summed E-state index contributed by atoms with van der Waals surface area (Å²) in [5.41, 5.74) is 4.36. The van der Waals surface area contributed by atoms with E-state index in [9.17, 15) is 0 Å². The molecule has 0 spiro atoms. The fraction of sp³-hybridized carbons (Fsp3) is 0.647. The molecule has 0 N–H and O–H groups in total. The quantitative estimate of drug-likeness (QED) is 0.822. The summed E-state index contributed by atoms with van der Waals surface area (Å²) in [5.74, 6) is 0. The normalized spacial score (nSPS) is 20.1. The minimum atomic E-state index is 0.313. The molecule has 0 saturated carbocycles. The minimum Gasteiger partial charge on any atom is -0.377 e. The second kappa shape index (κ2) is 6.06. The van der Waals surface area contributed by atoms with E-state index >= 15 is 0 Å². The summed E-state index contributed by atoms with van der Waals surface area (Å²) in [6.45, 7) is 12.9. The predicted molar refractivity (Wildman–Crippen MR) is 80.4 cm³/mol. The van der Waals surface area contributed by atoms with Crippen LogP contribution in [0.4, 0.5) is 0 Å². The summed E-state index contributed by atoms with van der Waals surface area (Å²) in [5, 5.41) is 0. The highest BCUT2D eigenvalue weighted by Gasteiger charge is 2.28. The van der Waals surface area contributed by atoms with E-state index in [1.54, 1.807) is 0 Å². The van der Waals surface area contributed by atoms with Crippen molar-refractivity contribution in [1.29, 1.82) is 0 Å². The van der Waals surface area contributed by atoms with Gasteiger partial charge in [-0.3, -0.25) is 4.90 Å². The van der Waals surface area contributed by atoms with Crippen LogP contribution in [0, 0.1) is 6.92 Å². The summed E-state index contributed by atoms with van der Waals surface area (Å²) in [4.78, 5) is 2.57. The zero-order valence-corrected chi connectivity index (χ0v) is 12.9. The SMILES string of the molecule is Cc1ccc2c(c1)CN(C(C)C)C(COC(C)C)C2. The number of aryl methyl sites for hydroxylation is 1. The van der Waals surface area contributed by atoms with Crippen LogP contribution >= 0.6 is 0 Å². The summed E-state index contributed by atoms with van der Waals surface area (Å²) in [6, 6.07) is 7.94. The van der Waals surface area contributed by atoms with Gasteiger partial charge in [0.2, 0.25) is 0 Å². The molecule has 0 radical (unpaired) electrons. The second-order valence-corrected chi connectivity index (χ2v) is 6.28. The standard InChI is InChI=1S/C17H27NO/c1-12(2)18-10-16-8-14(5)6-7-15(16)9-17(18)11-19-13(3)4/h6-8,12-13,17H,9-11H2,1-5H3. The molecule has 0 amide bonds. The van der Waals surface area contributed by atoms with Crippen molar-refractivity contribution in [3.63, 3.8) is 0 Å². The molecule has 2 heteroatoms. The van der Waals surface area contributed by atoms with E-state index < -0.39 is 0 Å². The maximum Gasteiger partial charge on any atom is 0.0628 e. The lowest BCUT2D eigenvalue weighted by atomic mass is 9.92. The van der Waals surface area contributed by atoms with Crippen LogP contribution in [0.1, 0.15) is 44.4 Å². The van der Waals surface area contributed by atoms with Gasteiger partial charge in [-0.05, 0) is 52.2 Å². The average molecular weight is 261 g/mol. The lowest BCUT2D eigenvalue weighted by Gasteiger charge is -2.40. The van der Waals surface area contributed by atoms with Crippen LogP contribution in [0.25, 0.3) is 0 Å². The molecule has 106 valence electrons. The molecule has 1 aliphatic rings. The first-order chi connectivity index (χ1) is 8.97. The van der Waals surface area contributed by atoms with Gasteiger partial charge in [0.15, 0.2) is 0 Å². The van der Waals surface area contributed by atoms with Gasteiger partial charge in [-0.1, -0.05) is 23.8 Å². The molecular weight excluding hydrogens is 234 g/mol. The Morgan fingerprint density at radius 2 is 1.95 bits per heavy atom. The van der Waals surface area contributed by atoms with Crippen molar-refractivity contribution in [3.05, 3.63) is 34.9 Å². The van der Waals surface area contributed by atoms with Crippen molar-refractivity contribution in [2.24, 2.45) is 0 Å². The van der Waals surface area contributed by atoms with Crippen molar-refractivity contribution >= 4 is 0 Å². The fourth-order valence-electron chi connectivity index (χ4n) is 2.86. The summed E-state index contributed by atoms with van der Waals surface area (Å²) >= 11 is 0. The molecule has 1 heterocycles. The van der Waals surface area contributed by atoms with Gasteiger partial charge in [0.25, 0.3) is 0 Å². The number of rotatable bonds is 4. The second-order valence-electron chi connectivity index (χ2n) is 6.28. The number of fused-ring (bicyclic) bond motifs is 1. The van der Waals surface area contributed by atoms with Crippen LogP contribution in [0.15, 0.2) is 18.2 Å². The van der Waals surface area contributed by atoms with Gasteiger partial charge in [0.1, 0.15) is 0 Å². The van der Waals surface area contributed by atoms with Crippen LogP contribution in [0.5, 0.6) is 0 Å². The maximum absolute atomic E-state index is 5.86. The fourth-order valence-corrected chi connectivity index (χ4v) is 2.86. The van der Waals surface area contributed by atoms with E-state index in [0.29, 0.717) is 18.2 Å².